The van der Waals surface area contributed by atoms with Crippen LogP contribution in [0.4, 0.5) is 11.5 Å². The van der Waals surface area contributed by atoms with E-state index in [2.05, 4.69) is 9.97 Å². The fourth-order valence-electron chi connectivity index (χ4n) is 1.24. The van der Waals surface area contributed by atoms with Crippen LogP contribution in [0, 0.1) is 10.1 Å². The molecule has 0 aromatic carbocycles. The zero-order valence-electron chi connectivity index (χ0n) is 8.79. The molecule has 1 unspecified atom stereocenters. The van der Waals surface area contributed by atoms with Crippen LogP contribution in [0.3, 0.4) is 0 Å². The van der Waals surface area contributed by atoms with Crippen LogP contribution in [0.1, 0.15) is 6.92 Å². The summed E-state index contributed by atoms with van der Waals surface area (Å²) in [6.07, 6.45) is 0.418. The fourth-order valence-corrected chi connectivity index (χ4v) is 1.37. The Morgan fingerprint density at radius 3 is 2.88 bits per heavy atom. The highest BCUT2D eigenvalue weighted by Crippen LogP contribution is 2.24. The van der Waals surface area contributed by atoms with Crippen LogP contribution in [0.15, 0.2) is 6.20 Å². The molecule has 0 aliphatic carbocycles. The number of rotatable bonds is 4. The summed E-state index contributed by atoms with van der Waals surface area (Å²) >= 11 is 5.57. The monoisotopic (exact) mass is 246 g/mol. The van der Waals surface area contributed by atoms with E-state index in [-0.39, 0.29) is 23.3 Å². The Labute approximate surface area is 96.8 Å². The normalized spacial score (nSPS) is 12.2. The summed E-state index contributed by atoms with van der Waals surface area (Å²) in [5.74, 6) is 0.0888. The minimum Gasteiger partial charge on any atom is -0.392 e. The fraction of sp³-hybridized carbons (Fsp3) is 0.500. The second-order valence-electron chi connectivity index (χ2n) is 3.33. The Hall–Kier alpha value is -1.47. The maximum atomic E-state index is 10.7. The molecule has 1 aromatic heterocycles. The van der Waals surface area contributed by atoms with E-state index in [0.29, 0.717) is 0 Å². The lowest BCUT2D eigenvalue weighted by atomic mass is 10.3. The van der Waals surface area contributed by atoms with Gasteiger partial charge in [0, 0.05) is 13.6 Å². The Morgan fingerprint density at radius 1 is 1.75 bits per heavy atom. The SMILES string of the molecule is CC(O)CN(C)c1nc(Cl)ncc1[N+](=O)[O-]. The second-order valence-corrected chi connectivity index (χ2v) is 3.67. The first-order valence-corrected chi connectivity index (χ1v) is 4.85. The van der Waals surface area contributed by atoms with Crippen LogP contribution in [0.5, 0.6) is 0 Å². The van der Waals surface area contributed by atoms with E-state index >= 15 is 0 Å². The van der Waals surface area contributed by atoms with Crippen LogP contribution in [-0.2, 0) is 0 Å². The lowest BCUT2D eigenvalue weighted by Crippen LogP contribution is -2.28. The summed E-state index contributed by atoms with van der Waals surface area (Å²) in [5.41, 5.74) is -0.243. The zero-order valence-corrected chi connectivity index (χ0v) is 9.55. The molecule has 0 fully saturated rings. The van der Waals surface area contributed by atoms with Gasteiger partial charge in [-0.3, -0.25) is 10.1 Å². The highest BCUT2D eigenvalue weighted by molar-refractivity contribution is 6.28. The minimum absolute atomic E-state index is 0.0713. The van der Waals surface area contributed by atoms with Crippen LogP contribution < -0.4 is 4.90 Å². The van der Waals surface area contributed by atoms with E-state index in [4.69, 9.17) is 11.6 Å². The summed E-state index contributed by atoms with van der Waals surface area (Å²) in [4.78, 5) is 18.9. The largest absolute Gasteiger partial charge is 0.392 e. The molecule has 1 rings (SSSR count). The number of nitro groups is 1. The van der Waals surface area contributed by atoms with Crippen molar-refractivity contribution in [2.24, 2.45) is 0 Å². The van der Waals surface area contributed by atoms with Crippen molar-refractivity contribution >= 4 is 23.1 Å². The summed E-state index contributed by atoms with van der Waals surface area (Å²) in [6, 6.07) is 0. The van der Waals surface area contributed by atoms with Gasteiger partial charge in [-0.05, 0) is 18.5 Å². The van der Waals surface area contributed by atoms with Gasteiger partial charge in [0.05, 0.1) is 11.0 Å². The van der Waals surface area contributed by atoms with Crippen molar-refractivity contribution in [2.75, 3.05) is 18.5 Å². The van der Waals surface area contributed by atoms with Crippen LogP contribution in [0.2, 0.25) is 5.28 Å². The van der Waals surface area contributed by atoms with E-state index in [0.717, 1.165) is 6.20 Å². The number of aromatic nitrogens is 2. The van der Waals surface area contributed by atoms with Gasteiger partial charge in [0.15, 0.2) is 0 Å². The van der Waals surface area contributed by atoms with E-state index in [9.17, 15) is 15.2 Å². The van der Waals surface area contributed by atoms with Crippen LogP contribution in [-0.4, -0.2) is 39.7 Å². The van der Waals surface area contributed by atoms with Crippen molar-refractivity contribution in [1.29, 1.82) is 0 Å². The van der Waals surface area contributed by atoms with Gasteiger partial charge in [0.1, 0.15) is 6.20 Å². The first kappa shape index (κ1) is 12.6. The Balaban J connectivity index is 3.09. The highest BCUT2D eigenvalue weighted by Gasteiger charge is 2.20. The predicted octanol–water partition coefficient (Wildman–Crippen LogP) is 0.855. The minimum atomic E-state index is -0.627. The topological polar surface area (TPSA) is 92.4 Å². The molecule has 7 nitrogen and oxygen atoms in total. The van der Waals surface area contributed by atoms with Crippen molar-refractivity contribution in [1.82, 2.24) is 9.97 Å². The number of anilines is 1. The van der Waals surface area contributed by atoms with Gasteiger partial charge in [-0.15, -0.1) is 0 Å². The van der Waals surface area contributed by atoms with Crippen molar-refractivity contribution in [3.8, 4) is 0 Å². The van der Waals surface area contributed by atoms with Gasteiger partial charge < -0.3 is 10.0 Å². The van der Waals surface area contributed by atoms with Gasteiger partial charge in [-0.25, -0.2) is 4.98 Å². The number of aliphatic hydroxyl groups is 1. The highest BCUT2D eigenvalue weighted by atomic mass is 35.5. The molecule has 1 atom stereocenters. The summed E-state index contributed by atoms with van der Waals surface area (Å²) in [7, 11) is 1.58. The molecule has 0 saturated heterocycles. The third-order valence-electron chi connectivity index (χ3n) is 1.82. The van der Waals surface area contributed by atoms with Crippen LogP contribution in [0.25, 0.3) is 0 Å². The first-order chi connectivity index (χ1) is 7.41. The van der Waals surface area contributed by atoms with Crippen LogP contribution >= 0.6 is 11.6 Å². The second kappa shape index (κ2) is 5.04. The molecule has 16 heavy (non-hydrogen) atoms. The number of aliphatic hydroxyl groups excluding tert-OH is 1. The average Bonchev–Trinajstić information content (AvgIpc) is 2.15. The van der Waals surface area contributed by atoms with Crippen molar-refractivity contribution in [3.63, 3.8) is 0 Å². The van der Waals surface area contributed by atoms with Gasteiger partial charge in [0.2, 0.25) is 11.1 Å². The lowest BCUT2D eigenvalue weighted by Gasteiger charge is -2.19. The van der Waals surface area contributed by atoms with E-state index < -0.39 is 11.0 Å². The number of halogens is 1. The van der Waals surface area contributed by atoms with E-state index in [1.165, 1.54) is 4.90 Å². The van der Waals surface area contributed by atoms with Crippen molar-refractivity contribution in [2.45, 2.75) is 13.0 Å². The molecular formula is C8H11ClN4O3. The molecule has 88 valence electrons. The quantitative estimate of drug-likeness (QED) is 0.481. The molecule has 0 radical (unpaired) electrons. The smallest absolute Gasteiger partial charge is 0.329 e. The first-order valence-electron chi connectivity index (χ1n) is 4.48. The molecule has 1 heterocycles. The Kier molecular flexibility index (Phi) is 3.97. The number of likely N-dealkylation sites (N-methyl/N-ethyl adjacent to an activating group) is 1. The molecule has 8 heteroatoms. The molecule has 0 amide bonds. The molecule has 0 spiro atoms. The maximum Gasteiger partial charge on any atom is 0.329 e. The summed E-state index contributed by atoms with van der Waals surface area (Å²) in [5, 5.41) is 19.8. The zero-order chi connectivity index (χ0) is 12.3. The molecule has 0 aliphatic heterocycles. The van der Waals surface area contributed by atoms with Crippen molar-refractivity contribution < 1.29 is 10.0 Å². The van der Waals surface area contributed by atoms with Gasteiger partial charge in [0.25, 0.3) is 0 Å². The molecule has 0 bridgehead atoms. The molecular weight excluding hydrogens is 236 g/mol. The third kappa shape index (κ3) is 3.01. The van der Waals surface area contributed by atoms with Gasteiger partial charge in [-0.1, -0.05) is 0 Å². The van der Waals surface area contributed by atoms with Gasteiger partial charge in [-0.2, -0.15) is 4.98 Å². The maximum absolute atomic E-state index is 10.7. The third-order valence-corrected chi connectivity index (χ3v) is 2.00. The Morgan fingerprint density at radius 2 is 2.38 bits per heavy atom. The summed E-state index contributed by atoms with van der Waals surface area (Å²) in [6.45, 7) is 1.79. The van der Waals surface area contributed by atoms with Crippen molar-refractivity contribution in [3.05, 3.63) is 21.6 Å². The Bertz CT molecular complexity index is 399. The average molecular weight is 247 g/mol. The molecule has 1 aromatic rings. The van der Waals surface area contributed by atoms with Gasteiger partial charge >= 0.3 is 5.69 Å². The van der Waals surface area contributed by atoms with E-state index in [1.54, 1.807) is 14.0 Å². The molecule has 0 aliphatic rings. The predicted molar refractivity (Wildman–Crippen MR) is 58.6 cm³/mol. The number of hydrogen-bond acceptors (Lipinski definition) is 6. The number of nitrogens with zero attached hydrogens (tertiary/aromatic N) is 4. The van der Waals surface area contributed by atoms with E-state index in [1.807, 2.05) is 0 Å². The molecule has 0 saturated carbocycles. The molecule has 1 N–H and O–H groups in total. The standard InChI is InChI=1S/C8H11ClN4O3/c1-5(14)4-12(2)7-6(13(15)16)3-10-8(9)11-7/h3,5,14H,4H2,1-2H3. The number of hydrogen-bond donors (Lipinski definition) is 1. The lowest BCUT2D eigenvalue weighted by molar-refractivity contribution is -0.384. The summed E-state index contributed by atoms with van der Waals surface area (Å²) < 4.78 is 0.